The Balaban J connectivity index is 1.90. The molecular formula is C13H19N3O3. The van der Waals surface area contributed by atoms with E-state index in [0.717, 1.165) is 24.8 Å². The van der Waals surface area contributed by atoms with Crippen LogP contribution >= 0.6 is 0 Å². The van der Waals surface area contributed by atoms with Crippen molar-refractivity contribution >= 4 is 11.9 Å². The summed E-state index contributed by atoms with van der Waals surface area (Å²) in [6.45, 7) is 0.380. The third kappa shape index (κ3) is 3.33. The van der Waals surface area contributed by atoms with Gasteiger partial charge >= 0.3 is 5.97 Å². The highest BCUT2D eigenvalue weighted by atomic mass is 16.4. The first-order chi connectivity index (χ1) is 9.12. The fourth-order valence-corrected chi connectivity index (χ4v) is 2.64. The zero-order valence-corrected chi connectivity index (χ0v) is 10.8. The predicted molar refractivity (Wildman–Crippen MR) is 68.2 cm³/mol. The molecule has 0 spiro atoms. The summed E-state index contributed by atoms with van der Waals surface area (Å²) in [5.41, 5.74) is 0.0139. The normalized spacial score (nSPS) is 17.9. The van der Waals surface area contributed by atoms with E-state index in [2.05, 4.69) is 15.5 Å². The number of rotatable bonds is 5. The summed E-state index contributed by atoms with van der Waals surface area (Å²) in [6, 6.07) is 0. The molecule has 104 valence electrons. The van der Waals surface area contributed by atoms with Gasteiger partial charge in [0.1, 0.15) is 0 Å². The summed E-state index contributed by atoms with van der Waals surface area (Å²) in [6.07, 6.45) is 7.44. The third-order valence-electron chi connectivity index (χ3n) is 3.81. The van der Waals surface area contributed by atoms with E-state index in [9.17, 15) is 14.7 Å². The van der Waals surface area contributed by atoms with E-state index in [0.29, 0.717) is 19.4 Å². The Morgan fingerprint density at radius 1 is 1.37 bits per heavy atom. The molecule has 19 heavy (non-hydrogen) atoms. The lowest BCUT2D eigenvalue weighted by Gasteiger charge is -2.32. The molecule has 1 aromatic rings. The van der Waals surface area contributed by atoms with E-state index in [-0.39, 0.29) is 12.3 Å². The number of nitrogens with one attached hydrogen (secondary N) is 2. The Labute approximate surface area is 111 Å². The average Bonchev–Trinajstić information content (AvgIpc) is 2.90. The molecule has 2 rings (SSSR count). The average molecular weight is 265 g/mol. The van der Waals surface area contributed by atoms with E-state index in [1.165, 1.54) is 0 Å². The molecule has 1 aromatic heterocycles. The zero-order chi connectivity index (χ0) is 13.7. The number of nitrogens with zero attached hydrogens (tertiary/aromatic N) is 1. The van der Waals surface area contributed by atoms with Gasteiger partial charge in [-0.3, -0.25) is 14.7 Å². The van der Waals surface area contributed by atoms with Gasteiger partial charge in [0.2, 0.25) is 5.91 Å². The Kier molecular flexibility index (Phi) is 4.19. The second-order valence-corrected chi connectivity index (χ2v) is 5.21. The number of H-pyrrole nitrogens is 1. The van der Waals surface area contributed by atoms with Crippen molar-refractivity contribution in [1.29, 1.82) is 0 Å². The molecule has 0 bridgehead atoms. The first-order valence-corrected chi connectivity index (χ1v) is 6.60. The van der Waals surface area contributed by atoms with Crippen molar-refractivity contribution in [2.45, 2.75) is 45.1 Å². The zero-order valence-electron chi connectivity index (χ0n) is 10.8. The van der Waals surface area contributed by atoms with Crippen molar-refractivity contribution in [1.82, 2.24) is 15.5 Å². The molecule has 0 atom stereocenters. The lowest BCUT2D eigenvalue weighted by molar-refractivity contribution is -0.154. The molecule has 1 aliphatic rings. The SMILES string of the molecule is O=C(CC1(C(=O)O)CCCCC1)NCc1cn[nH]c1. The van der Waals surface area contributed by atoms with Crippen LogP contribution in [0.5, 0.6) is 0 Å². The van der Waals surface area contributed by atoms with Crippen LogP contribution in [0.15, 0.2) is 12.4 Å². The fraction of sp³-hybridized carbons (Fsp3) is 0.615. The van der Waals surface area contributed by atoms with Gasteiger partial charge in [0.25, 0.3) is 0 Å². The highest BCUT2D eigenvalue weighted by Crippen LogP contribution is 2.39. The summed E-state index contributed by atoms with van der Waals surface area (Å²) < 4.78 is 0. The maximum Gasteiger partial charge on any atom is 0.310 e. The van der Waals surface area contributed by atoms with Crippen LogP contribution in [0.1, 0.15) is 44.1 Å². The van der Waals surface area contributed by atoms with Gasteiger partial charge in [-0.25, -0.2) is 0 Å². The largest absolute Gasteiger partial charge is 0.481 e. The minimum Gasteiger partial charge on any atom is -0.481 e. The fourth-order valence-electron chi connectivity index (χ4n) is 2.64. The Morgan fingerprint density at radius 3 is 2.68 bits per heavy atom. The monoisotopic (exact) mass is 265 g/mol. The number of hydrogen-bond acceptors (Lipinski definition) is 3. The molecule has 0 radical (unpaired) electrons. The second-order valence-electron chi connectivity index (χ2n) is 5.21. The van der Waals surface area contributed by atoms with Gasteiger partial charge in [0, 0.05) is 24.7 Å². The van der Waals surface area contributed by atoms with Crippen LogP contribution in [0.3, 0.4) is 0 Å². The number of aromatic nitrogens is 2. The van der Waals surface area contributed by atoms with Crippen LogP contribution < -0.4 is 5.32 Å². The number of aromatic amines is 1. The second kappa shape index (κ2) is 5.86. The van der Waals surface area contributed by atoms with Crippen LogP contribution in [-0.4, -0.2) is 27.2 Å². The van der Waals surface area contributed by atoms with Gasteiger partial charge in [-0.1, -0.05) is 19.3 Å². The molecule has 1 amide bonds. The molecule has 6 nitrogen and oxygen atoms in total. The van der Waals surface area contributed by atoms with E-state index in [4.69, 9.17) is 0 Å². The quantitative estimate of drug-likeness (QED) is 0.751. The number of carboxylic acids is 1. The number of aliphatic carboxylic acids is 1. The Bertz CT molecular complexity index is 436. The minimum atomic E-state index is -0.862. The van der Waals surface area contributed by atoms with Crippen molar-refractivity contribution in [3.63, 3.8) is 0 Å². The highest BCUT2D eigenvalue weighted by molar-refractivity contribution is 5.85. The van der Waals surface area contributed by atoms with Crippen LogP contribution in [-0.2, 0) is 16.1 Å². The van der Waals surface area contributed by atoms with E-state index < -0.39 is 11.4 Å². The topological polar surface area (TPSA) is 95.1 Å². The van der Waals surface area contributed by atoms with Crippen molar-refractivity contribution in [2.75, 3.05) is 0 Å². The molecule has 1 aliphatic carbocycles. The molecule has 1 fully saturated rings. The van der Waals surface area contributed by atoms with Crippen LogP contribution in [0, 0.1) is 5.41 Å². The van der Waals surface area contributed by atoms with Gasteiger partial charge in [-0.2, -0.15) is 5.10 Å². The first-order valence-electron chi connectivity index (χ1n) is 6.60. The molecule has 0 saturated heterocycles. The van der Waals surface area contributed by atoms with E-state index >= 15 is 0 Å². The molecule has 6 heteroatoms. The van der Waals surface area contributed by atoms with Crippen molar-refractivity contribution in [3.8, 4) is 0 Å². The standard InChI is InChI=1S/C13H19N3O3/c17-11(14-7-10-8-15-16-9-10)6-13(12(18)19)4-2-1-3-5-13/h8-9H,1-7H2,(H,14,17)(H,15,16)(H,18,19). The lowest BCUT2D eigenvalue weighted by Crippen LogP contribution is -2.39. The first kappa shape index (κ1) is 13.6. The van der Waals surface area contributed by atoms with Gasteiger partial charge in [0.05, 0.1) is 11.6 Å². The van der Waals surface area contributed by atoms with Crippen LogP contribution in [0.2, 0.25) is 0 Å². The number of carbonyl (C=O) groups excluding carboxylic acids is 1. The number of hydrogen-bond donors (Lipinski definition) is 3. The highest BCUT2D eigenvalue weighted by Gasteiger charge is 2.41. The maximum atomic E-state index is 11.9. The van der Waals surface area contributed by atoms with Crippen molar-refractivity contribution < 1.29 is 14.7 Å². The molecule has 1 saturated carbocycles. The van der Waals surface area contributed by atoms with Gasteiger partial charge in [-0.15, -0.1) is 0 Å². The number of carbonyl (C=O) groups is 2. The van der Waals surface area contributed by atoms with Crippen LogP contribution in [0.25, 0.3) is 0 Å². The summed E-state index contributed by atoms with van der Waals surface area (Å²) in [7, 11) is 0. The van der Waals surface area contributed by atoms with Gasteiger partial charge in [0.15, 0.2) is 0 Å². The molecule has 0 unspecified atom stereocenters. The summed E-state index contributed by atoms with van der Waals surface area (Å²) in [5, 5.41) is 18.6. The minimum absolute atomic E-state index is 0.0696. The molecule has 0 aromatic carbocycles. The summed E-state index contributed by atoms with van der Waals surface area (Å²) >= 11 is 0. The maximum absolute atomic E-state index is 11.9. The molecular weight excluding hydrogens is 246 g/mol. The number of carboxylic acid groups (broad SMARTS) is 1. The number of amides is 1. The third-order valence-corrected chi connectivity index (χ3v) is 3.81. The lowest BCUT2D eigenvalue weighted by atomic mass is 9.71. The Morgan fingerprint density at radius 2 is 2.11 bits per heavy atom. The molecule has 0 aliphatic heterocycles. The van der Waals surface area contributed by atoms with Gasteiger partial charge < -0.3 is 10.4 Å². The van der Waals surface area contributed by atoms with Crippen molar-refractivity contribution in [2.24, 2.45) is 5.41 Å². The van der Waals surface area contributed by atoms with E-state index in [1.54, 1.807) is 12.4 Å². The predicted octanol–water partition coefficient (Wildman–Crippen LogP) is 1.45. The van der Waals surface area contributed by atoms with Crippen molar-refractivity contribution in [3.05, 3.63) is 18.0 Å². The smallest absolute Gasteiger partial charge is 0.310 e. The van der Waals surface area contributed by atoms with Gasteiger partial charge in [-0.05, 0) is 12.8 Å². The van der Waals surface area contributed by atoms with E-state index in [1.807, 2.05) is 0 Å². The summed E-state index contributed by atoms with van der Waals surface area (Å²) in [4.78, 5) is 23.4. The van der Waals surface area contributed by atoms with Crippen LogP contribution in [0.4, 0.5) is 0 Å². The Hall–Kier alpha value is -1.85. The molecule has 1 heterocycles. The molecule has 3 N–H and O–H groups in total. The summed E-state index contributed by atoms with van der Waals surface area (Å²) in [5.74, 6) is -1.05.